The molecule has 1 amide bonds. The standard InChI is InChI=1S/C23H29N3O2/c1-17-6-4-5-7-21(17)16-25-12-14-26(15-13-25)18(2)23(28)24-22-10-8-20(9-11-22)19(3)27/h4-11,18H,12-16H2,1-3H3,(H,24,28). The fourth-order valence-electron chi connectivity index (χ4n) is 3.54. The highest BCUT2D eigenvalue weighted by Crippen LogP contribution is 2.15. The lowest BCUT2D eigenvalue weighted by atomic mass is 10.1. The van der Waals surface area contributed by atoms with E-state index in [4.69, 9.17) is 0 Å². The van der Waals surface area contributed by atoms with Gasteiger partial charge in [-0.1, -0.05) is 24.3 Å². The van der Waals surface area contributed by atoms with Crippen molar-refractivity contribution in [3.8, 4) is 0 Å². The van der Waals surface area contributed by atoms with Crippen LogP contribution in [0.1, 0.15) is 35.3 Å². The van der Waals surface area contributed by atoms with Gasteiger partial charge < -0.3 is 5.32 Å². The van der Waals surface area contributed by atoms with Gasteiger partial charge in [0, 0.05) is 44.0 Å². The van der Waals surface area contributed by atoms with Crippen LogP contribution < -0.4 is 5.32 Å². The van der Waals surface area contributed by atoms with Crippen molar-refractivity contribution < 1.29 is 9.59 Å². The van der Waals surface area contributed by atoms with Gasteiger partial charge in [-0.3, -0.25) is 19.4 Å². The number of piperazine rings is 1. The van der Waals surface area contributed by atoms with E-state index < -0.39 is 0 Å². The molecule has 2 aromatic rings. The number of ketones is 1. The molecule has 1 aliphatic rings. The van der Waals surface area contributed by atoms with E-state index in [1.165, 1.54) is 18.1 Å². The average Bonchev–Trinajstić information content (AvgIpc) is 2.70. The Kier molecular flexibility index (Phi) is 6.60. The van der Waals surface area contributed by atoms with Gasteiger partial charge in [0.1, 0.15) is 0 Å². The first kappa shape index (κ1) is 20.2. The molecule has 28 heavy (non-hydrogen) atoms. The maximum atomic E-state index is 12.6. The Balaban J connectivity index is 1.50. The lowest BCUT2D eigenvalue weighted by molar-refractivity contribution is -0.121. The molecular formula is C23H29N3O2. The van der Waals surface area contributed by atoms with Crippen LogP contribution in [0, 0.1) is 6.92 Å². The summed E-state index contributed by atoms with van der Waals surface area (Å²) < 4.78 is 0. The van der Waals surface area contributed by atoms with Crippen LogP contribution in [0.25, 0.3) is 0 Å². The van der Waals surface area contributed by atoms with Crippen molar-refractivity contribution in [3.63, 3.8) is 0 Å². The summed E-state index contributed by atoms with van der Waals surface area (Å²) in [6.07, 6.45) is 0. The van der Waals surface area contributed by atoms with Gasteiger partial charge in [0.05, 0.1) is 6.04 Å². The van der Waals surface area contributed by atoms with Crippen molar-refractivity contribution in [2.45, 2.75) is 33.4 Å². The number of carbonyl (C=O) groups is 2. The second kappa shape index (κ2) is 9.13. The zero-order chi connectivity index (χ0) is 20.1. The van der Waals surface area contributed by atoms with E-state index in [1.54, 1.807) is 24.3 Å². The van der Waals surface area contributed by atoms with Gasteiger partial charge >= 0.3 is 0 Å². The quantitative estimate of drug-likeness (QED) is 0.782. The van der Waals surface area contributed by atoms with Gasteiger partial charge in [-0.25, -0.2) is 0 Å². The molecular weight excluding hydrogens is 350 g/mol. The molecule has 0 radical (unpaired) electrons. The van der Waals surface area contributed by atoms with Gasteiger partial charge in [0.2, 0.25) is 5.91 Å². The first-order chi connectivity index (χ1) is 13.4. The number of hydrogen-bond donors (Lipinski definition) is 1. The number of anilines is 1. The highest BCUT2D eigenvalue weighted by molar-refractivity contribution is 5.96. The molecule has 0 bridgehead atoms. The van der Waals surface area contributed by atoms with E-state index in [0.717, 1.165) is 38.4 Å². The lowest BCUT2D eigenvalue weighted by Gasteiger charge is -2.37. The topological polar surface area (TPSA) is 52.7 Å². The fourth-order valence-corrected chi connectivity index (χ4v) is 3.54. The van der Waals surface area contributed by atoms with Crippen molar-refractivity contribution in [1.29, 1.82) is 0 Å². The number of benzene rings is 2. The first-order valence-electron chi connectivity index (χ1n) is 9.87. The monoisotopic (exact) mass is 379 g/mol. The van der Waals surface area contributed by atoms with Crippen LogP contribution >= 0.6 is 0 Å². The molecule has 1 N–H and O–H groups in total. The Labute approximate surface area is 167 Å². The number of nitrogens with one attached hydrogen (secondary N) is 1. The third-order valence-electron chi connectivity index (χ3n) is 5.55. The summed E-state index contributed by atoms with van der Waals surface area (Å²) in [5.74, 6) is 0.0118. The van der Waals surface area contributed by atoms with E-state index in [9.17, 15) is 9.59 Å². The Morgan fingerprint density at radius 2 is 1.64 bits per heavy atom. The number of hydrogen-bond acceptors (Lipinski definition) is 4. The number of carbonyl (C=O) groups excluding carboxylic acids is 2. The van der Waals surface area contributed by atoms with Crippen molar-refractivity contribution in [2.24, 2.45) is 0 Å². The third kappa shape index (κ3) is 5.06. The Hall–Kier alpha value is -2.50. The van der Waals surface area contributed by atoms with Crippen LogP contribution in [-0.2, 0) is 11.3 Å². The summed E-state index contributed by atoms with van der Waals surface area (Å²) in [5.41, 5.74) is 4.07. The van der Waals surface area contributed by atoms with Gasteiger partial charge in [-0.15, -0.1) is 0 Å². The van der Waals surface area contributed by atoms with Gasteiger partial charge in [0.15, 0.2) is 5.78 Å². The maximum Gasteiger partial charge on any atom is 0.241 e. The Morgan fingerprint density at radius 1 is 1.00 bits per heavy atom. The number of amides is 1. The first-order valence-corrected chi connectivity index (χ1v) is 9.87. The molecule has 0 saturated carbocycles. The molecule has 1 aliphatic heterocycles. The number of rotatable bonds is 6. The van der Waals surface area contributed by atoms with Gasteiger partial charge in [0.25, 0.3) is 0 Å². The molecule has 3 rings (SSSR count). The van der Waals surface area contributed by atoms with Crippen LogP contribution in [0.4, 0.5) is 5.69 Å². The molecule has 0 aromatic heterocycles. The van der Waals surface area contributed by atoms with Crippen molar-refractivity contribution >= 4 is 17.4 Å². The van der Waals surface area contributed by atoms with Crippen molar-refractivity contribution in [2.75, 3.05) is 31.5 Å². The third-order valence-corrected chi connectivity index (χ3v) is 5.55. The molecule has 148 valence electrons. The minimum atomic E-state index is -0.187. The van der Waals surface area contributed by atoms with Gasteiger partial charge in [-0.2, -0.15) is 0 Å². The molecule has 2 aromatic carbocycles. The second-order valence-corrected chi connectivity index (χ2v) is 7.54. The molecule has 1 unspecified atom stereocenters. The lowest BCUT2D eigenvalue weighted by Crippen LogP contribution is -2.52. The maximum absolute atomic E-state index is 12.6. The predicted molar refractivity (Wildman–Crippen MR) is 113 cm³/mol. The summed E-state index contributed by atoms with van der Waals surface area (Å²) in [6.45, 7) is 10.3. The van der Waals surface area contributed by atoms with E-state index in [1.807, 2.05) is 6.92 Å². The van der Waals surface area contributed by atoms with E-state index >= 15 is 0 Å². The summed E-state index contributed by atoms with van der Waals surface area (Å²) >= 11 is 0. The zero-order valence-electron chi connectivity index (χ0n) is 16.9. The van der Waals surface area contributed by atoms with E-state index in [0.29, 0.717) is 5.56 Å². The SMILES string of the molecule is CC(=O)c1ccc(NC(=O)C(C)N2CCN(Cc3ccccc3C)CC2)cc1. The highest BCUT2D eigenvalue weighted by atomic mass is 16.2. The normalized spacial score (nSPS) is 16.5. The van der Waals surface area contributed by atoms with Gasteiger partial charge in [-0.05, 0) is 56.2 Å². The van der Waals surface area contributed by atoms with Crippen LogP contribution in [0.2, 0.25) is 0 Å². The summed E-state index contributed by atoms with van der Waals surface area (Å²) in [5, 5.41) is 2.96. The van der Waals surface area contributed by atoms with Crippen molar-refractivity contribution in [3.05, 3.63) is 65.2 Å². The average molecular weight is 380 g/mol. The molecule has 5 nitrogen and oxygen atoms in total. The minimum Gasteiger partial charge on any atom is -0.325 e. The molecule has 1 heterocycles. The van der Waals surface area contributed by atoms with Crippen molar-refractivity contribution in [1.82, 2.24) is 9.80 Å². The Bertz CT molecular complexity index is 824. The number of aryl methyl sites for hydroxylation is 1. The predicted octanol–water partition coefficient (Wildman–Crippen LogP) is 3.34. The molecule has 1 fully saturated rings. The number of nitrogens with zero attached hydrogens (tertiary/aromatic N) is 2. The highest BCUT2D eigenvalue weighted by Gasteiger charge is 2.25. The molecule has 0 aliphatic carbocycles. The fraction of sp³-hybridized carbons (Fsp3) is 0.391. The Morgan fingerprint density at radius 3 is 2.25 bits per heavy atom. The van der Waals surface area contributed by atoms with E-state index in [2.05, 4.69) is 46.3 Å². The van der Waals surface area contributed by atoms with Crippen LogP contribution in [-0.4, -0.2) is 53.7 Å². The molecule has 1 saturated heterocycles. The minimum absolute atomic E-state index is 0.0112. The summed E-state index contributed by atoms with van der Waals surface area (Å²) in [4.78, 5) is 28.6. The molecule has 0 spiro atoms. The summed E-state index contributed by atoms with van der Waals surface area (Å²) in [7, 11) is 0. The second-order valence-electron chi connectivity index (χ2n) is 7.54. The van der Waals surface area contributed by atoms with Crippen LogP contribution in [0.3, 0.4) is 0 Å². The largest absolute Gasteiger partial charge is 0.325 e. The van der Waals surface area contributed by atoms with Crippen LogP contribution in [0.5, 0.6) is 0 Å². The zero-order valence-corrected chi connectivity index (χ0v) is 16.9. The molecule has 1 atom stereocenters. The van der Waals surface area contributed by atoms with E-state index in [-0.39, 0.29) is 17.7 Å². The van der Waals surface area contributed by atoms with Crippen LogP contribution in [0.15, 0.2) is 48.5 Å². The summed E-state index contributed by atoms with van der Waals surface area (Å²) in [6, 6.07) is 15.4. The smallest absolute Gasteiger partial charge is 0.241 e. The molecule has 5 heteroatoms. The number of Topliss-reactive ketones (excluding diaryl/α,β-unsaturated/α-hetero) is 1.